The second-order valence-corrected chi connectivity index (χ2v) is 11.2. The molecule has 2 aromatic carbocycles. The maximum absolute atomic E-state index is 14.4. The van der Waals surface area contributed by atoms with Crippen LogP contribution in [0.25, 0.3) is 0 Å². The molecule has 194 valence electrons. The van der Waals surface area contributed by atoms with Crippen LogP contribution >= 0.6 is 11.6 Å². The smallest absolute Gasteiger partial charge is 0.410 e. The van der Waals surface area contributed by atoms with Gasteiger partial charge in [-0.15, -0.1) is 0 Å². The number of nitrogens with zero attached hydrogens (tertiary/aromatic N) is 3. The van der Waals surface area contributed by atoms with Gasteiger partial charge in [-0.2, -0.15) is 0 Å². The summed E-state index contributed by atoms with van der Waals surface area (Å²) in [5.41, 5.74) is 1.41. The molecule has 0 aromatic heterocycles. The number of hydrogen-bond donors (Lipinski definition) is 0. The average molecular weight is 516 g/mol. The van der Waals surface area contributed by atoms with Crippen LogP contribution in [0.15, 0.2) is 42.5 Å². The van der Waals surface area contributed by atoms with Gasteiger partial charge in [-0.25, -0.2) is 9.18 Å². The third-order valence-electron chi connectivity index (χ3n) is 7.31. The Balaban J connectivity index is 1.62. The highest BCUT2D eigenvalue weighted by Gasteiger charge is 2.52. The van der Waals surface area contributed by atoms with E-state index in [1.165, 1.54) is 12.1 Å². The van der Waals surface area contributed by atoms with Crippen molar-refractivity contribution in [3.05, 3.63) is 70.0 Å². The largest absolute Gasteiger partial charge is 0.444 e. The first-order valence-corrected chi connectivity index (χ1v) is 12.8. The molecule has 1 aliphatic heterocycles. The minimum absolute atomic E-state index is 0.0361. The van der Waals surface area contributed by atoms with Crippen LogP contribution in [0, 0.1) is 5.82 Å². The zero-order valence-electron chi connectivity index (χ0n) is 21.7. The van der Waals surface area contributed by atoms with Crippen molar-refractivity contribution in [2.75, 3.05) is 33.2 Å². The third-order valence-corrected chi connectivity index (χ3v) is 7.53. The normalized spacial score (nSPS) is 21.1. The van der Waals surface area contributed by atoms with E-state index in [-0.39, 0.29) is 18.0 Å². The van der Waals surface area contributed by atoms with Crippen LogP contribution in [0.5, 0.6) is 0 Å². The van der Waals surface area contributed by atoms with Crippen molar-refractivity contribution in [1.29, 1.82) is 0 Å². The molecule has 2 aromatic rings. The Labute approximate surface area is 218 Å². The van der Waals surface area contributed by atoms with E-state index >= 15 is 0 Å². The lowest BCUT2D eigenvalue weighted by atomic mass is 9.86. The third kappa shape index (κ3) is 5.09. The number of aryl methyl sites for hydroxylation is 1. The Hall–Kier alpha value is -2.64. The van der Waals surface area contributed by atoms with E-state index in [1.807, 2.05) is 45.9 Å². The van der Waals surface area contributed by atoms with Crippen molar-refractivity contribution in [2.45, 2.75) is 57.7 Å². The number of hydrogen-bond acceptors (Lipinski definition) is 4. The van der Waals surface area contributed by atoms with E-state index in [2.05, 4.69) is 11.0 Å². The molecule has 1 fully saturated rings. The zero-order valence-corrected chi connectivity index (χ0v) is 22.4. The summed E-state index contributed by atoms with van der Waals surface area (Å²) in [6, 6.07) is 12.1. The molecule has 1 heterocycles. The Morgan fingerprint density at radius 1 is 1.11 bits per heavy atom. The summed E-state index contributed by atoms with van der Waals surface area (Å²) < 4.78 is 19.6. The number of rotatable bonds is 4. The van der Waals surface area contributed by atoms with E-state index in [4.69, 9.17) is 16.3 Å². The molecule has 8 heteroatoms. The number of likely N-dealkylation sites (N-methyl/N-ethyl adjacent to an activating group) is 1. The second kappa shape index (κ2) is 10.0. The summed E-state index contributed by atoms with van der Waals surface area (Å²) >= 11 is 6.11. The van der Waals surface area contributed by atoms with Gasteiger partial charge >= 0.3 is 6.09 Å². The maximum Gasteiger partial charge on any atom is 0.410 e. The van der Waals surface area contributed by atoms with Crippen LogP contribution < -0.4 is 0 Å². The molecule has 2 aliphatic rings. The number of fused-ring (bicyclic) bond motifs is 1. The van der Waals surface area contributed by atoms with E-state index in [9.17, 15) is 14.0 Å². The van der Waals surface area contributed by atoms with Crippen LogP contribution in [0.1, 0.15) is 56.8 Å². The fourth-order valence-corrected chi connectivity index (χ4v) is 5.61. The summed E-state index contributed by atoms with van der Waals surface area (Å²) in [5.74, 6) is -0.463. The molecule has 2 amide bonds. The summed E-state index contributed by atoms with van der Waals surface area (Å²) in [4.78, 5) is 32.6. The minimum atomic E-state index is -0.850. The Bertz CT molecular complexity index is 1120. The van der Waals surface area contributed by atoms with Gasteiger partial charge in [-0.05, 0) is 75.4 Å². The van der Waals surface area contributed by atoms with Crippen molar-refractivity contribution in [1.82, 2.24) is 14.7 Å². The fraction of sp³-hybridized carbons (Fsp3) is 0.500. The van der Waals surface area contributed by atoms with Gasteiger partial charge in [0.15, 0.2) is 0 Å². The van der Waals surface area contributed by atoms with Crippen molar-refractivity contribution in [2.24, 2.45) is 0 Å². The molecule has 0 N–H and O–H groups in total. The summed E-state index contributed by atoms with van der Waals surface area (Å²) in [7, 11) is 1.77. The SMILES string of the molecule is CC(c1cc(F)cc(Cl)c1)N(C)C(=O)[C@@]1(N2CCN(C(=O)OC(C)(C)C)CC2)CCc2ccccc21. The first-order valence-electron chi connectivity index (χ1n) is 12.5. The van der Waals surface area contributed by atoms with E-state index < -0.39 is 17.0 Å². The number of halogens is 2. The van der Waals surface area contributed by atoms with Gasteiger partial charge in [0, 0.05) is 38.2 Å². The fourth-order valence-electron chi connectivity index (χ4n) is 5.38. The molecule has 36 heavy (non-hydrogen) atoms. The predicted octanol–water partition coefficient (Wildman–Crippen LogP) is 5.39. The highest BCUT2D eigenvalue weighted by Crippen LogP contribution is 2.44. The zero-order chi connectivity index (χ0) is 26.3. The molecule has 6 nitrogen and oxygen atoms in total. The monoisotopic (exact) mass is 515 g/mol. The standard InChI is InChI=1S/C28H35ClFN3O3/c1-19(21-16-22(29)18-23(30)17-21)31(5)25(34)28(11-10-20-8-6-7-9-24(20)28)33-14-12-32(13-15-33)26(35)36-27(2,3)4/h6-9,16-19H,10-15H2,1-5H3/t19?,28-/m1/s1. The van der Waals surface area contributed by atoms with Crippen molar-refractivity contribution < 1.29 is 18.7 Å². The lowest BCUT2D eigenvalue weighted by Crippen LogP contribution is -2.61. The van der Waals surface area contributed by atoms with Gasteiger partial charge in [0.1, 0.15) is 17.0 Å². The number of ether oxygens (including phenoxy) is 1. The van der Waals surface area contributed by atoms with Crippen molar-refractivity contribution >= 4 is 23.6 Å². The van der Waals surface area contributed by atoms with Gasteiger partial charge in [0.25, 0.3) is 0 Å². The van der Waals surface area contributed by atoms with Gasteiger partial charge in [-0.1, -0.05) is 35.9 Å². The van der Waals surface area contributed by atoms with Crippen molar-refractivity contribution in [3.8, 4) is 0 Å². The first-order chi connectivity index (χ1) is 16.9. The van der Waals surface area contributed by atoms with Crippen LogP contribution in [-0.4, -0.2) is 65.5 Å². The summed E-state index contributed by atoms with van der Waals surface area (Å²) in [6.07, 6.45) is 1.11. The quantitative estimate of drug-likeness (QED) is 0.547. The van der Waals surface area contributed by atoms with Gasteiger partial charge < -0.3 is 14.5 Å². The van der Waals surface area contributed by atoms with E-state index in [0.717, 1.165) is 17.5 Å². The maximum atomic E-state index is 14.4. The minimum Gasteiger partial charge on any atom is -0.444 e. The van der Waals surface area contributed by atoms with E-state index in [1.54, 1.807) is 22.9 Å². The molecule has 1 saturated heterocycles. The van der Waals surface area contributed by atoms with Gasteiger partial charge in [0.2, 0.25) is 5.91 Å². The average Bonchev–Trinajstić information content (AvgIpc) is 3.21. The molecule has 4 rings (SSSR count). The predicted molar refractivity (Wildman–Crippen MR) is 138 cm³/mol. The van der Waals surface area contributed by atoms with Crippen molar-refractivity contribution in [3.63, 3.8) is 0 Å². The molecule has 2 atom stereocenters. The molecule has 0 spiro atoms. The number of carbonyl (C=O) groups excluding carboxylic acids is 2. The molecule has 1 aliphatic carbocycles. The number of amides is 2. The number of piperazine rings is 1. The molecular weight excluding hydrogens is 481 g/mol. The highest BCUT2D eigenvalue weighted by molar-refractivity contribution is 6.30. The molecule has 1 unspecified atom stereocenters. The number of carbonyl (C=O) groups is 2. The molecule has 0 bridgehead atoms. The van der Waals surface area contributed by atoms with Gasteiger partial charge in [-0.3, -0.25) is 9.69 Å². The van der Waals surface area contributed by atoms with E-state index in [0.29, 0.717) is 43.2 Å². The molecular formula is C28H35ClFN3O3. The van der Waals surface area contributed by atoms with Crippen LogP contribution in [0.3, 0.4) is 0 Å². The van der Waals surface area contributed by atoms with Crippen LogP contribution in [0.2, 0.25) is 5.02 Å². The Morgan fingerprint density at radius 3 is 2.42 bits per heavy atom. The molecule has 0 saturated carbocycles. The van der Waals surface area contributed by atoms with Crippen LogP contribution in [-0.2, 0) is 21.5 Å². The topological polar surface area (TPSA) is 53.1 Å². The summed E-state index contributed by atoms with van der Waals surface area (Å²) in [6.45, 7) is 9.50. The lowest BCUT2D eigenvalue weighted by Gasteiger charge is -2.47. The second-order valence-electron chi connectivity index (χ2n) is 10.8. The first kappa shape index (κ1) is 26.4. The summed E-state index contributed by atoms with van der Waals surface area (Å²) in [5, 5.41) is 0.303. The highest BCUT2D eigenvalue weighted by atomic mass is 35.5. The Morgan fingerprint density at radius 2 is 1.78 bits per heavy atom. The van der Waals surface area contributed by atoms with Crippen LogP contribution in [0.4, 0.5) is 9.18 Å². The molecule has 0 radical (unpaired) electrons. The number of benzene rings is 2. The van der Waals surface area contributed by atoms with Gasteiger partial charge in [0.05, 0.1) is 6.04 Å². The Kier molecular flexibility index (Phi) is 7.35. The lowest BCUT2D eigenvalue weighted by molar-refractivity contribution is -0.148.